The van der Waals surface area contributed by atoms with Gasteiger partial charge in [0.2, 0.25) is 0 Å². The topological polar surface area (TPSA) is 83.9 Å². The number of fused-ring (bicyclic) bond motifs is 3. The van der Waals surface area contributed by atoms with Crippen LogP contribution in [0.4, 0.5) is 23.8 Å². The van der Waals surface area contributed by atoms with Gasteiger partial charge in [0.1, 0.15) is 41.2 Å². The second-order valence-corrected chi connectivity index (χ2v) is 13.6. The lowest BCUT2D eigenvalue weighted by molar-refractivity contribution is 0.0193. The summed E-state index contributed by atoms with van der Waals surface area (Å²) in [5.74, 6) is -0.935. The van der Waals surface area contributed by atoms with Crippen molar-refractivity contribution in [3.05, 3.63) is 53.2 Å². The summed E-state index contributed by atoms with van der Waals surface area (Å²) in [6.07, 6.45) is 1.16. The van der Waals surface area contributed by atoms with Gasteiger partial charge in [-0.05, 0) is 52.1 Å². The molecule has 13 heteroatoms. The molecule has 4 aromatic rings. The van der Waals surface area contributed by atoms with Crippen LogP contribution >= 0.6 is 11.6 Å². The maximum absolute atomic E-state index is 16.6. The van der Waals surface area contributed by atoms with Crippen LogP contribution in [0.25, 0.3) is 32.9 Å². The van der Waals surface area contributed by atoms with Gasteiger partial charge in [-0.1, -0.05) is 35.9 Å². The van der Waals surface area contributed by atoms with E-state index in [2.05, 4.69) is 9.97 Å². The Morgan fingerprint density at radius 3 is 2.65 bits per heavy atom. The number of halogens is 4. The Bertz CT molecular complexity index is 1860. The van der Waals surface area contributed by atoms with E-state index >= 15 is 4.39 Å². The van der Waals surface area contributed by atoms with E-state index in [1.165, 1.54) is 12.3 Å². The first kappa shape index (κ1) is 30.7. The van der Waals surface area contributed by atoms with Gasteiger partial charge in [-0.25, -0.2) is 18.0 Å². The van der Waals surface area contributed by atoms with E-state index in [9.17, 15) is 13.6 Å². The van der Waals surface area contributed by atoms with Crippen LogP contribution in [0.15, 0.2) is 36.5 Å². The zero-order valence-corrected chi connectivity index (χ0v) is 26.7. The number of amides is 1. The van der Waals surface area contributed by atoms with Crippen molar-refractivity contribution < 1.29 is 27.4 Å². The third kappa shape index (κ3) is 5.34. The zero-order chi connectivity index (χ0) is 32.5. The highest BCUT2D eigenvalue weighted by Gasteiger charge is 2.51. The van der Waals surface area contributed by atoms with Gasteiger partial charge in [-0.3, -0.25) is 9.88 Å². The summed E-state index contributed by atoms with van der Waals surface area (Å²) in [7, 11) is 1.83. The van der Waals surface area contributed by atoms with Crippen molar-refractivity contribution in [1.29, 1.82) is 0 Å². The molecule has 4 atom stereocenters. The Hall–Kier alpha value is -3.90. The number of alkyl halides is 1. The van der Waals surface area contributed by atoms with E-state index in [4.69, 9.17) is 26.1 Å². The van der Waals surface area contributed by atoms with E-state index in [1.54, 1.807) is 29.2 Å². The van der Waals surface area contributed by atoms with Gasteiger partial charge in [0, 0.05) is 42.8 Å². The van der Waals surface area contributed by atoms with Crippen LogP contribution in [0, 0.1) is 11.6 Å². The number of nitrogens with zero attached hydrogens (tertiary/aromatic N) is 6. The highest BCUT2D eigenvalue weighted by atomic mass is 35.5. The molecule has 0 unspecified atom stereocenters. The number of ether oxygens (including phenoxy) is 2. The fourth-order valence-electron chi connectivity index (χ4n) is 6.79. The van der Waals surface area contributed by atoms with Gasteiger partial charge in [0.25, 0.3) is 0 Å². The smallest absolute Gasteiger partial charge is 0.410 e. The minimum absolute atomic E-state index is 0.0249. The van der Waals surface area contributed by atoms with Crippen LogP contribution < -0.4 is 9.64 Å². The normalized spacial score (nSPS) is 23.2. The Morgan fingerprint density at radius 2 is 1.91 bits per heavy atom. The SMILES string of the molecule is CN1C[C@H](F)C[C@H]1COc1nc(N2C[C@@H]3[C@H]2CCN3C(=O)OC(C)(C)C)c2cnc(-c3cccc4ccc(F)c(Cl)c34)c(F)c2n1. The standard InChI is InChI=1S/C33H34ClF3N6O3/c1-33(2,3)46-32(44)42-11-10-23-24(42)15-43(23)30-21-13-38-28(20-7-5-6-17-8-9-22(36)26(34)25(17)20)27(37)29(21)39-31(40-30)45-16-19-12-18(35)14-41(19)4/h5-9,13,18-19,23-24H,10-12,14-16H2,1-4H3/t18-,19+,23-,24-/m1/s1. The van der Waals surface area contributed by atoms with Crippen LogP contribution in [-0.2, 0) is 4.74 Å². The maximum atomic E-state index is 16.6. The molecule has 2 aromatic heterocycles. The Morgan fingerprint density at radius 1 is 1.11 bits per heavy atom. The van der Waals surface area contributed by atoms with Crippen molar-refractivity contribution in [3.8, 4) is 17.3 Å². The maximum Gasteiger partial charge on any atom is 0.410 e. The zero-order valence-electron chi connectivity index (χ0n) is 25.9. The molecule has 7 rings (SSSR count). The molecule has 0 radical (unpaired) electrons. The lowest BCUT2D eigenvalue weighted by atomic mass is 9.96. The third-order valence-electron chi connectivity index (χ3n) is 9.07. The van der Waals surface area contributed by atoms with E-state index in [0.29, 0.717) is 60.0 Å². The number of carbonyl (C=O) groups is 1. The predicted molar refractivity (Wildman–Crippen MR) is 169 cm³/mol. The summed E-state index contributed by atoms with van der Waals surface area (Å²) in [5.41, 5.74) is -0.374. The van der Waals surface area contributed by atoms with Gasteiger partial charge < -0.3 is 19.3 Å². The molecule has 5 heterocycles. The number of anilines is 1. The molecular weight excluding hydrogens is 621 g/mol. The second-order valence-electron chi connectivity index (χ2n) is 13.3. The Labute approximate surface area is 269 Å². The number of likely N-dealkylation sites (tertiary alicyclic amines) is 2. The number of pyridine rings is 1. The van der Waals surface area contributed by atoms with Crippen LogP contribution in [0.2, 0.25) is 5.02 Å². The van der Waals surface area contributed by atoms with E-state index in [-0.39, 0.29) is 53.1 Å². The van der Waals surface area contributed by atoms with Crippen molar-refractivity contribution in [2.75, 3.05) is 38.2 Å². The molecule has 9 nitrogen and oxygen atoms in total. The molecule has 3 saturated heterocycles. The van der Waals surface area contributed by atoms with Crippen LogP contribution in [0.3, 0.4) is 0 Å². The van der Waals surface area contributed by atoms with Gasteiger partial charge in [0.15, 0.2) is 5.82 Å². The number of carbonyl (C=O) groups excluding carboxylic acids is 1. The molecule has 0 aliphatic carbocycles. The number of likely N-dealkylation sites (N-methyl/N-ethyl adjacent to an activating group) is 1. The fraction of sp³-hybridized carbons (Fsp3) is 0.455. The average molecular weight is 655 g/mol. The number of rotatable bonds is 5. The molecule has 0 saturated carbocycles. The van der Waals surface area contributed by atoms with E-state index in [0.717, 1.165) is 0 Å². The second kappa shape index (κ2) is 11.4. The summed E-state index contributed by atoms with van der Waals surface area (Å²) in [5, 5.41) is 1.20. The first-order valence-electron chi connectivity index (χ1n) is 15.4. The summed E-state index contributed by atoms with van der Waals surface area (Å²) in [6, 6.07) is 7.56. The number of hydrogen-bond acceptors (Lipinski definition) is 8. The quantitative estimate of drug-likeness (QED) is 0.245. The third-order valence-corrected chi connectivity index (χ3v) is 9.44. The van der Waals surface area contributed by atoms with Crippen LogP contribution in [0.1, 0.15) is 33.6 Å². The lowest BCUT2D eigenvalue weighted by Crippen LogP contribution is -2.63. The summed E-state index contributed by atoms with van der Waals surface area (Å²) in [6.45, 7) is 6.88. The van der Waals surface area contributed by atoms with Gasteiger partial charge in [-0.2, -0.15) is 9.97 Å². The number of aromatic nitrogens is 3. The highest BCUT2D eigenvalue weighted by Crippen LogP contribution is 2.42. The molecule has 0 spiro atoms. The first-order chi connectivity index (χ1) is 21.9. The number of benzene rings is 2. The van der Waals surface area contributed by atoms with Crippen molar-refractivity contribution >= 4 is 45.2 Å². The van der Waals surface area contributed by atoms with Gasteiger partial charge in [-0.15, -0.1) is 0 Å². The average Bonchev–Trinajstić information content (AvgIpc) is 3.50. The molecule has 0 bridgehead atoms. The van der Waals surface area contributed by atoms with Crippen molar-refractivity contribution in [2.24, 2.45) is 0 Å². The molecule has 1 amide bonds. The Balaban J connectivity index is 1.28. The van der Waals surface area contributed by atoms with E-state index < -0.39 is 23.4 Å². The van der Waals surface area contributed by atoms with Crippen LogP contribution in [0.5, 0.6) is 6.01 Å². The molecule has 242 valence electrons. The molecule has 3 aliphatic heterocycles. The monoisotopic (exact) mass is 654 g/mol. The lowest BCUT2D eigenvalue weighted by Gasteiger charge is -2.47. The minimum atomic E-state index is -0.955. The summed E-state index contributed by atoms with van der Waals surface area (Å²) >= 11 is 6.37. The first-order valence-corrected chi connectivity index (χ1v) is 15.7. The summed E-state index contributed by atoms with van der Waals surface area (Å²) in [4.78, 5) is 32.2. The highest BCUT2D eigenvalue weighted by molar-refractivity contribution is 6.36. The number of hydrogen-bond donors (Lipinski definition) is 0. The van der Waals surface area contributed by atoms with Gasteiger partial charge >= 0.3 is 12.1 Å². The van der Waals surface area contributed by atoms with E-state index in [1.807, 2.05) is 37.6 Å². The Kier molecular flexibility index (Phi) is 7.63. The molecule has 3 fully saturated rings. The molecule has 0 N–H and O–H groups in total. The van der Waals surface area contributed by atoms with Crippen molar-refractivity contribution in [2.45, 2.75) is 63.5 Å². The molecule has 3 aliphatic rings. The molecule has 46 heavy (non-hydrogen) atoms. The van der Waals surface area contributed by atoms with Gasteiger partial charge in [0.05, 0.1) is 22.5 Å². The largest absolute Gasteiger partial charge is 0.462 e. The fourth-order valence-corrected chi connectivity index (χ4v) is 7.06. The molecular formula is C33H34ClF3N6O3. The van der Waals surface area contributed by atoms with Crippen molar-refractivity contribution in [1.82, 2.24) is 24.8 Å². The molecule has 2 aromatic carbocycles. The minimum Gasteiger partial charge on any atom is -0.462 e. The van der Waals surface area contributed by atoms with Crippen molar-refractivity contribution in [3.63, 3.8) is 0 Å². The summed E-state index contributed by atoms with van der Waals surface area (Å²) < 4.78 is 56.8. The predicted octanol–water partition coefficient (Wildman–Crippen LogP) is 6.40. The van der Waals surface area contributed by atoms with Crippen LogP contribution in [-0.4, -0.2) is 94.0 Å².